The maximum atomic E-state index is 6.23. The van der Waals surface area contributed by atoms with Crippen LogP contribution in [-0.2, 0) is 0 Å². The summed E-state index contributed by atoms with van der Waals surface area (Å²) in [5.74, 6) is 0. The maximum Gasteiger partial charge on any atom is 0.0297 e. The van der Waals surface area contributed by atoms with Crippen molar-refractivity contribution in [3.8, 4) is 0 Å². The lowest BCUT2D eigenvalue weighted by Gasteiger charge is -2.15. The average molecular weight is 284 g/mol. The van der Waals surface area contributed by atoms with E-state index in [0.29, 0.717) is 0 Å². The number of hydrogen-bond donors (Lipinski definition) is 1. The van der Waals surface area contributed by atoms with E-state index >= 15 is 0 Å². The van der Waals surface area contributed by atoms with Crippen molar-refractivity contribution in [1.29, 1.82) is 0 Å². The average Bonchev–Trinajstić information content (AvgIpc) is 2.27. The summed E-state index contributed by atoms with van der Waals surface area (Å²) < 4.78 is 1.12. The summed E-state index contributed by atoms with van der Waals surface area (Å²) in [5.41, 5.74) is 8.81. The Labute approximate surface area is 108 Å². The highest BCUT2D eigenvalue weighted by molar-refractivity contribution is 9.10. The number of benzene rings is 1. The number of halogens is 1. The first-order chi connectivity index (χ1) is 7.65. The van der Waals surface area contributed by atoms with Gasteiger partial charge in [-0.2, -0.15) is 0 Å². The van der Waals surface area contributed by atoms with Gasteiger partial charge in [0.25, 0.3) is 0 Å². The molecular formula is C14H22BrN. The van der Waals surface area contributed by atoms with Crippen LogP contribution in [0.15, 0.2) is 22.7 Å². The van der Waals surface area contributed by atoms with Crippen LogP contribution >= 0.6 is 15.9 Å². The van der Waals surface area contributed by atoms with Crippen LogP contribution in [0.1, 0.15) is 56.2 Å². The lowest BCUT2D eigenvalue weighted by atomic mass is 9.97. The van der Waals surface area contributed by atoms with Gasteiger partial charge in [0.15, 0.2) is 0 Å². The van der Waals surface area contributed by atoms with Gasteiger partial charge in [-0.05, 0) is 36.6 Å². The van der Waals surface area contributed by atoms with E-state index in [-0.39, 0.29) is 6.04 Å². The molecule has 16 heavy (non-hydrogen) atoms. The van der Waals surface area contributed by atoms with Gasteiger partial charge in [-0.3, -0.25) is 0 Å². The van der Waals surface area contributed by atoms with Crippen molar-refractivity contribution in [1.82, 2.24) is 0 Å². The maximum absolute atomic E-state index is 6.23. The number of unbranched alkanes of at least 4 members (excludes halogenated alkanes) is 3. The van der Waals surface area contributed by atoms with Crippen LogP contribution in [0.2, 0.25) is 0 Å². The largest absolute Gasteiger partial charge is 0.324 e. The molecule has 0 saturated carbocycles. The van der Waals surface area contributed by atoms with Crippen molar-refractivity contribution in [2.75, 3.05) is 0 Å². The van der Waals surface area contributed by atoms with Gasteiger partial charge in [-0.15, -0.1) is 0 Å². The zero-order chi connectivity index (χ0) is 12.0. The van der Waals surface area contributed by atoms with Gasteiger partial charge in [-0.25, -0.2) is 0 Å². The monoisotopic (exact) mass is 283 g/mol. The molecule has 90 valence electrons. The van der Waals surface area contributed by atoms with E-state index in [1.165, 1.54) is 36.8 Å². The summed E-state index contributed by atoms with van der Waals surface area (Å²) in [6.45, 7) is 4.37. The Morgan fingerprint density at radius 1 is 1.25 bits per heavy atom. The first-order valence-electron chi connectivity index (χ1n) is 6.16. The van der Waals surface area contributed by atoms with Crippen LogP contribution in [0.5, 0.6) is 0 Å². The Balaban J connectivity index is 2.51. The second-order valence-corrected chi connectivity index (χ2v) is 5.37. The van der Waals surface area contributed by atoms with Gasteiger partial charge in [0.05, 0.1) is 0 Å². The minimum absolute atomic E-state index is 0.189. The van der Waals surface area contributed by atoms with Gasteiger partial charge in [0.2, 0.25) is 0 Å². The predicted molar refractivity (Wildman–Crippen MR) is 74.6 cm³/mol. The number of nitrogens with two attached hydrogens (primary N) is 1. The van der Waals surface area contributed by atoms with Crippen molar-refractivity contribution in [2.45, 2.75) is 52.0 Å². The first-order valence-corrected chi connectivity index (χ1v) is 6.96. The molecule has 1 nitrogen and oxygen atoms in total. The topological polar surface area (TPSA) is 26.0 Å². The Bertz CT molecular complexity index is 323. The van der Waals surface area contributed by atoms with Crippen molar-refractivity contribution >= 4 is 15.9 Å². The van der Waals surface area contributed by atoms with Gasteiger partial charge in [-0.1, -0.05) is 54.6 Å². The Kier molecular flexibility index (Phi) is 6.07. The highest BCUT2D eigenvalue weighted by Gasteiger charge is 2.08. The van der Waals surface area contributed by atoms with Crippen LogP contribution in [0.3, 0.4) is 0 Å². The molecule has 1 rings (SSSR count). The molecule has 0 aromatic heterocycles. The number of aryl methyl sites for hydroxylation is 1. The van der Waals surface area contributed by atoms with E-state index < -0.39 is 0 Å². The third-order valence-corrected chi connectivity index (χ3v) is 3.50. The SMILES string of the molecule is CCCCCCC(N)c1cc(Br)ccc1C. The van der Waals surface area contributed by atoms with E-state index in [2.05, 4.69) is 48.0 Å². The van der Waals surface area contributed by atoms with Crippen molar-refractivity contribution < 1.29 is 0 Å². The highest BCUT2D eigenvalue weighted by Crippen LogP contribution is 2.24. The van der Waals surface area contributed by atoms with Crippen LogP contribution in [0.25, 0.3) is 0 Å². The van der Waals surface area contributed by atoms with E-state index in [1.54, 1.807) is 0 Å². The zero-order valence-electron chi connectivity index (χ0n) is 10.3. The number of rotatable bonds is 6. The standard InChI is InChI=1S/C14H22BrN/c1-3-4-5-6-7-14(16)13-10-12(15)9-8-11(13)2/h8-10,14H,3-7,16H2,1-2H3. The molecule has 0 heterocycles. The molecule has 1 aromatic carbocycles. The molecule has 0 bridgehead atoms. The van der Waals surface area contributed by atoms with Crippen molar-refractivity contribution in [3.63, 3.8) is 0 Å². The summed E-state index contributed by atoms with van der Waals surface area (Å²) in [6, 6.07) is 6.54. The number of hydrogen-bond acceptors (Lipinski definition) is 1. The minimum Gasteiger partial charge on any atom is -0.324 e. The molecule has 0 amide bonds. The molecular weight excluding hydrogens is 262 g/mol. The fraction of sp³-hybridized carbons (Fsp3) is 0.571. The fourth-order valence-electron chi connectivity index (χ4n) is 1.96. The molecule has 1 unspecified atom stereocenters. The fourth-order valence-corrected chi connectivity index (χ4v) is 2.34. The molecule has 0 saturated heterocycles. The first kappa shape index (κ1) is 13.7. The summed E-state index contributed by atoms with van der Waals surface area (Å²) in [7, 11) is 0. The molecule has 2 heteroatoms. The normalized spacial score (nSPS) is 12.8. The Morgan fingerprint density at radius 3 is 2.69 bits per heavy atom. The summed E-state index contributed by atoms with van der Waals surface area (Å²) in [5, 5.41) is 0. The van der Waals surface area contributed by atoms with Crippen molar-refractivity contribution in [3.05, 3.63) is 33.8 Å². The quantitative estimate of drug-likeness (QED) is 0.751. The second kappa shape index (κ2) is 7.08. The third-order valence-electron chi connectivity index (χ3n) is 3.01. The molecule has 0 aliphatic heterocycles. The zero-order valence-corrected chi connectivity index (χ0v) is 11.9. The smallest absolute Gasteiger partial charge is 0.0297 e. The molecule has 0 fully saturated rings. The van der Waals surface area contributed by atoms with Gasteiger partial charge < -0.3 is 5.73 Å². The van der Waals surface area contributed by atoms with Gasteiger partial charge in [0, 0.05) is 10.5 Å². The van der Waals surface area contributed by atoms with Crippen LogP contribution < -0.4 is 5.73 Å². The van der Waals surface area contributed by atoms with E-state index in [9.17, 15) is 0 Å². The summed E-state index contributed by atoms with van der Waals surface area (Å²) >= 11 is 3.50. The molecule has 0 aliphatic carbocycles. The van der Waals surface area contributed by atoms with Crippen LogP contribution in [-0.4, -0.2) is 0 Å². The molecule has 1 aromatic rings. The molecule has 0 radical (unpaired) electrons. The second-order valence-electron chi connectivity index (χ2n) is 4.46. The van der Waals surface area contributed by atoms with E-state index in [0.717, 1.165) is 10.9 Å². The summed E-state index contributed by atoms with van der Waals surface area (Å²) in [4.78, 5) is 0. The molecule has 1 atom stereocenters. The minimum atomic E-state index is 0.189. The molecule has 2 N–H and O–H groups in total. The lowest BCUT2D eigenvalue weighted by Crippen LogP contribution is -2.11. The lowest BCUT2D eigenvalue weighted by molar-refractivity contribution is 0.564. The molecule has 0 spiro atoms. The van der Waals surface area contributed by atoms with E-state index in [4.69, 9.17) is 5.73 Å². The van der Waals surface area contributed by atoms with Crippen LogP contribution in [0.4, 0.5) is 0 Å². The third kappa shape index (κ3) is 4.26. The van der Waals surface area contributed by atoms with Crippen LogP contribution in [0, 0.1) is 6.92 Å². The summed E-state index contributed by atoms with van der Waals surface area (Å²) in [6.07, 6.45) is 6.24. The Morgan fingerprint density at radius 2 is 2.00 bits per heavy atom. The molecule has 0 aliphatic rings. The van der Waals surface area contributed by atoms with Gasteiger partial charge in [0.1, 0.15) is 0 Å². The predicted octanol–water partition coefficient (Wildman–Crippen LogP) is 4.73. The highest BCUT2D eigenvalue weighted by atomic mass is 79.9. The van der Waals surface area contributed by atoms with E-state index in [1.807, 2.05) is 0 Å². The van der Waals surface area contributed by atoms with Crippen molar-refractivity contribution in [2.24, 2.45) is 5.73 Å². The Hall–Kier alpha value is -0.340. The van der Waals surface area contributed by atoms with Gasteiger partial charge >= 0.3 is 0 Å².